The molecule has 0 atom stereocenters. The van der Waals surface area contributed by atoms with E-state index < -0.39 is 17.8 Å². The quantitative estimate of drug-likeness (QED) is 0.110. The number of carboxylic acid groups (broad SMARTS) is 1. The molecule has 196 valence electrons. The number of aromatic nitrogens is 1. The van der Waals surface area contributed by atoms with Crippen LogP contribution in [-0.2, 0) is 13.0 Å². The van der Waals surface area contributed by atoms with E-state index in [1.165, 1.54) is 24.3 Å². The number of nitrogens with one attached hydrogen (secondary N) is 1. The summed E-state index contributed by atoms with van der Waals surface area (Å²) in [6, 6.07) is 17.3. The molecule has 8 nitrogen and oxygen atoms in total. The molecule has 38 heavy (non-hydrogen) atoms. The molecule has 10 heteroatoms. The number of thioether (sulfide) groups is 1. The molecule has 1 aromatic heterocycles. The first kappa shape index (κ1) is 26.9. The number of hydrogen-bond donors (Lipinski definition) is 3. The van der Waals surface area contributed by atoms with Crippen molar-refractivity contribution in [2.24, 2.45) is 10.2 Å². The highest BCUT2D eigenvalue weighted by Crippen LogP contribution is 2.41. The second-order valence-electron chi connectivity index (χ2n) is 8.59. The Balaban J connectivity index is 1.46. The molecule has 3 N–H and O–H groups in total. The standard InChI is InChI=1S/C28H27FN4O4S/c1-2-15-33-24-14-13-22(38-16-3-4-18-5-7-19(8-6-18)27(35)36)17-23(24)25(26(33)34)31-32-28(37)30-21-11-9-20(29)10-12-21/h5-14,17,34H,2-4,15-16H2,1H3,(H,30,37)(H,35,36). The fourth-order valence-electron chi connectivity index (χ4n) is 4.00. The molecule has 0 aliphatic rings. The van der Waals surface area contributed by atoms with Gasteiger partial charge in [0.1, 0.15) is 5.82 Å². The highest BCUT2D eigenvalue weighted by Gasteiger charge is 2.17. The maximum Gasteiger partial charge on any atom is 0.364 e. The van der Waals surface area contributed by atoms with Crippen LogP contribution in [-0.4, -0.2) is 32.5 Å². The van der Waals surface area contributed by atoms with Gasteiger partial charge in [0.2, 0.25) is 5.88 Å². The van der Waals surface area contributed by atoms with Crippen LogP contribution >= 0.6 is 11.8 Å². The van der Waals surface area contributed by atoms with Crippen LogP contribution in [0.15, 0.2) is 81.9 Å². The highest BCUT2D eigenvalue weighted by atomic mass is 32.2. The number of urea groups is 1. The molecule has 4 rings (SSSR count). The van der Waals surface area contributed by atoms with Gasteiger partial charge in [0.05, 0.1) is 11.1 Å². The Kier molecular flexibility index (Phi) is 8.75. The zero-order chi connectivity index (χ0) is 27.1. The Morgan fingerprint density at radius 2 is 1.79 bits per heavy atom. The number of aromatic carboxylic acids is 1. The summed E-state index contributed by atoms with van der Waals surface area (Å²) in [5.41, 5.74) is 2.73. The molecule has 2 amide bonds. The minimum Gasteiger partial charge on any atom is -0.493 e. The van der Waals surface area contributed by atoms with Gasteiger partial charge in [0.25, 0.3) is 0 Å². The first-order valence-corrected chi connectivity index (χ1v) is 13.1. The minimum absolute atomic E-state index is 0.0628. The topological polar surface area (TPSA) is 116 Å². The lowest BCUT2D eigenvalue weighted by Gasteiger charge is -2.06. The zero-order valence-corrected chi connectivity index (χ0v) is 21.5. The lowest BCUT2D eigenvalue weighted by molar-refractivity contribution is 0.0697. The van der Waals surface area contributed by atoms with Gasteiger partial charge in [0.15, 0.2) is 5.69 Å². The van der Waals surface area contributed by atoms with Crippen molar-refractivity contribution in [2.45, 2.75) is 37.6 Å². The van der Waals surface area contributed by atoms with Gasteiger partial charge in [0, 0.05) is 22.5 Å². The molecule has 0 spiro atoms. The number of halogens is 1. The second kappa shape index (κ2) is 12.4. The summed E-state index contributed by atoms with van der Waals surface area (Å²) in [6.45, 7) is 2.58. The largest absolute Gasteiger partial charge is 0.493 e. The molecule has 0 bridgehead atoms. The third-order valence-electron chi connectivity index (χ3n) is 5.84. The number of benzene rings is 3. The van der Waals surface area contributed by atoms with E-state index in [1.807, 2.05) is 37.3 Å². The molecule has 0 saturated carbocycles. The Morgan fingerprint density at radius 1 is 1.05 bits per heavy atom. The third kappa shape index (κ3) is 6.57. The van der Waals surface area contributed by atoms with Crippen LogP contribution in [0.1, 0.15) is 35.7 Å². The molecule has 1 heterocycles. The van der Waals surface area contributed by atoms with Crippen molar-refractivity contribution in [3.05, 3.63) is 83.7 Å². The van der Waals surface area contributed by atoms with E-state index in [4.69, 9.17) is 5.11 Å². The number of rotatable bonds is 10. The molecule has 3 aromatic carbocycles. The number of fused-ring (bicyclic) bond motifs is 1. The van der Waals surface area contributed by atoms with Gasteiger partial charge in [-0.05, 0) is 85.2 Å². The SMILES string of the molecule is CCCn1c(O)c(N=NC(=O)Nc2ccc(F)cc2)c2cc(SCCCc3ccc(C(=O)O)cc3)ccc21. The maximum atomic E-state index is 13.1. The third-order valence-corrected chi connectivity index (χ3v) is 6.92. The van der Waals surface area contributed by atoms with E-state index >= 15 is 0 Å². The summed E-state index contributed by atoms with van der Waals surface area (Å²) >= 11 is 1.66. The monoisotopic (exact) mass is 534 g/mol. The van der Waals surface area contributed by atoms with Crippen molar-refractivity contribution in [2.75, 3.05) is 11.1 Å². The van der Waals surface area contributed by atoms with E-state index in [1.54, 1.807) is 28.5 Å². The van der Waals surface area contributed by atoms with Gasteiger partial charge in [-0.25, -0.2) is 14.0 Å². The van der Waals surface area contributed by atoms with Crippen LogP contribution in [0.2, 0.25) is 0 Å². The van der Waals surface area contributed by atoms with Gasteiger partial charge >= 0.3 is 12.0 Å². The zero-order valence-electron chi connectivity index (χ0n) is 20.7. The van der Waals surface area contributed by atoms with Crippen LogP contribution in [0, 0.1) is 5.82 Å². The summed E-state index contributed by atoms with van der Waals surface area (Å²) in [5.74, 6) is -0.577. The number of aromatic hydroxyl groups is 1. The number of carbonyl (C=O) groups is 2. The predicted octanol–water partition coefficient (Wildman–Crippen LogP) is 7.63. The Hall–Kier alpha value is -4.18. The van der Waals surface area contributed by atoms with Crippen LogP contribution in [0.25, 0.3) is 10.9 Å². The Bertz CT molecular complexity index is 1470. The number of hydrogen-bond acceptors (Lipinski definition) is 5. The van der Waals surface area contributed by atoms with E-state index in [-0.39, 0.29) is 17.1 Å². The Labute approximate surface area is 223 Å². The smallest absolute Gasteiger partial charge is 0.364 e. The molecular formula is C28H27FN4O4S. The van der Waals surface area contributed by atoms with Gasteiger partial charge in [-0.15, -0.1) is 16.9 Å². The first-order chi connectivity index (χ1) is 18.4. The van der Waals surface area contributed by atoms with E-state index in [0.29, 0.717) is 17.6 Å². The molecule has 0 aliphatic carbocycles. The molecule has 0 radical (unpaired) electrons. The summed E-state index contributed by atoms with van der Waals surface area (Å²) < 4.78 is 14.8. The van der Waals surface area contributed by atoms with Crippen LogP contribution < -0.4 is 5.32 Å². The van der Waals surface area contributed by atoms with Gasteiger partial charge in [-0.2, -0.15) is 0 Å². The number of anilines is 1. The lowest BCUT2D eigenvalue weighted by Crippen LogP contribution is -2.05. The average molecular weight is 535 g/mol. The summed E-state index contributed by atoms with van der Waals surface area (Å²) in [6.07, 6.45) is 2.52. The molecule has 0 saturated heterocycles. The minimum atomic E-state index is -0.936. The number of carboxylic acids is 1. The molecule has 0 aliphatic heterocycles. The number of azo groups is 1. The van der Waals surface area contributed by atoms with Crippen molar-refractivity contribution < 1.29 is 24.2 Å². The molecule has 0 fully saturated rings. The summed E-state index contributed by atoms with van der Waals surface area (Å²) in [4.78, 5) is 24.3. The predicted molar refractivity (Wildman–Crippen MR) is 146 cm³/mol. The normalized spacial score (nSPS) is 11.3. The number of carbonyl (C=O) groups excluding carboxylic acids is 1. The molecule has 4 aromatic rings. The lowest BCUT2D eigenvalue weighted by atomic mass is 10.1. The maximum absolute atomic E-state index is 13.1. The van der Waals surface area contributed by atoms with Gasteiger partial charge in [-0.1, -0.05) is 24.2 Å². The van der Waals surface area contributed by atoms with Crippen molar-refractivity contribution in [1.29, 1.82) is 0 Å². The van der Waals surface area contributed by atoms with Crippen molar-refractivity contribution in [3.63, 3.8) is 0 Å². The second-order valence-corrected chi connectivity index (χ2v) is 9.76. The first-order valence-electron chi connectivity index (χ1n) is 12.1. The summed E-state index contributed by atoms with van der Waals surface area (Å²) in [7, 11) is 0. The number of amides is 2. The Morgan fingerprint density at radius 3 is 2.47 bits per heavy atom. The van der Waals surface area contributed by atoms with Gasteiger partial charge in [-0.3, -0.25) is 0 Å². The van der Waals surface area contributed by atoms with E-state index in [0.717, 1.165) is 41.0 Å². The summed E-state index contributed by atoms with van der Waals surface area (Å²) in [5, 5.41) is 30.9. The highest BCUT2D eigenvalue weighted by molar-refractivity contribution is 7.99. The van der Waals surface area contributed by atoms with Crippen molar-refractivity contribution in [3.8, 4) is 5.88 Å². The molecular weight excluding hydrogens is 507 g/mol. The fourth-order valence-corrected chi connectivity index (χ4v) is 4.89. The van der Waals surface area contributed by atoms with E-state index in [9.17, 15) is 19.1 Å². The number of aryl methyl sites for hydroxylation is 2. The molecule has 0 unspecified atom stereocenters. The van der Waals surface area contributed by atoms with Crippen LogP contribution in [0.4, 0.5) is 20.6 Å². The average Bonchev–Trinajstić information content (AvgIpc) is 3.17. The van der Waals surface area contributed by atoms with Crippen molar-refractivity contribution in [1.82, 2.24) is 4.57 Å². The van der Waals surface area contributed by atoms with Crippen LogP contribution in [0.3, 0.4) is 0 Å². The van der Waals surface area contributed by atoms with Crippen LogP contribution in [0.5, 0.6) is 5.88 Å². The van der Waals surface area contributed by atoms with Crippen molar-refractivity contribution >= 4 is 46.0 Å². The number of nitrogens with zero attached hydrogens (tertiary/aromatic N) is 3. The van der Waals surface area contributed by atoms with E-state index in [2.05, 4.69) is 15.5 Å². The van der Waals surface area contributed by atoms with Gasteiger partial charge < -0.3 is 20.1 Å². The fraction of sp³-hybridized carbons (Fsp3) is 0.214.